The lowest BCUT2D eigenvalue weighted by atomic mass is 10.1. The first-order valence-corrected chi connectivity index (χ1v) is 7.65. The highest BCUT2D eigenvalue weighted by Crippen LogP contribution is 2.31. The van der Waals surface area contributed by atoms with E-state index in [1.54, 1.807) is 23.5 Å². The van der Waals surface area contributed by atoms with Crippen molar-refractivity contribution in [2.75, 3.05) is 18.2 Å². The predicted octanol–water partition coefficient (Wildman–Crippen LogP) is 4.14. The molecule has 0 unspecified atom stereocenters. The Labute approximate surface area is 134 Å². The summed E-state index contributed by atoms with van der Waals surface area (Å²) in [6, 6.07) is 7.10. The Morgan fingerprint density at radius 1 is 1.50 bits per heavy atom. The van der Waals surface area contributed by atoms with Gasteiger partial charge in [-0.15, -0.1) is 11.3 Å². The van der Waals surface area contributed by atoms with Gasteiger partial charge in [-0.1, -0.05) is 11.6 Å². The molecule has 0 spiro atoms. The zero-order chi connectivity index (χ0) is 14.7. The highest BCUT2D eigenvalue weighted by molar-refractivity contribution is 9.11. The van der Waals surface area contributed by atoms with Gasteiger partial charge in [-0.05, 0) is 40.2 Å². The lowest BCUT2D eigenvalue weighted by Crippen LogP contribution is -2.09. The maximum absolute atomic E-state index is 11.8. The molecule has 0 radical (unpaired) electrons. The average molecular weight is 376 g/mol. The molecule has 7 heteroatoms. The molecule has 0 aliphatic carbocycles. The van der Waals surface area contributed by atoms with Crippen LogP contribution in [0.25, 0.3) is 0 Å². The summed E-state index contributed by atoms with van der Waals surface area (Å²) >= 11 is 11.2. The lowest BCUT2D eigenvalue weighted by molar-refractivity contribution is 0.0602. The van der Waals surface area contributed by atoms with Gasteiger partial charge in [-0.2, -0.15) is 0 Å². The molecule has 2 aromatic rings. The summed E-state index contributed by atoms with van der Waals surface area (Å²) in [6.07, 6.45) is 0. The molecule has 20 heavy (non-hydrogen) atoms. The summed E-state index contributed by atoms with van der Waals surface area (Å²) < 4.78 is 5.79. The van der Waals surface area contributed by atoms with Gasteiger partial charge < -0.3 is 15.8 Å². The second-order valence-electron chi connectivity index (χ2n) is 3.98. The summed E-state index contributed by atoms with van der Waals surface area (Å²) in [4.78, 5) is 12.9. The third-order valence-corrected chi connectivity index (χ3v) is 4.51. The molecule has 0 amide bonds. The van der Waals surface area contributed by atoms with Gasteiger partial charge >= 0.3 is 5.97 Å². The minimum atomic E-state index is -0.478. The molecular formula is C13H12BrClN2O2S. The number of methoxy groups -OCH3 is 1. The second kappa shape index (κ2) is 6.47. The summed E-state index contributed by atoms with van der Waals surface area (Å²) in [5.74, 6) is -0.478. The van der Waals surface area contributed by atoms with Crippen LogP contribution in [-0.2, 0) is 11.3 Å². The van der Waals surface area contributed by atoms with Crippen molar-refractivity contribution in [2.24, 2.45) is 0 Å². The molecule has 0 saturated heterocycles. The number of halogens is 2. The van der Waals surface area contributed by atoms with E-state index < -0.39 is 5.97 Å². The molecule has 0 aliphatic rings. The Morgan fingerprint density at radius 2 is 2.25 bits per heavy atom. The number of nitrogen functional groups attached to an aromatic ring is 1. The smallest absolute Gasteiger partial charge is 0.340 e. The molecule has 0 fully saturated rings. The Balaban J connectivity index is 2.27. The highest BCUT2D eigenvalue weighted by Gasteiger charge is 2.16. The van der Waals surface area contributed by atoms with Crippen LogP contribution < -0.4 is 11.1 Å². The monoisotopic (exact) mass is 374 g/mol. The van der Waals surface area contributed by atoms with Crippen LogP contribution in [-0.4, -0.2) is 13.1 Å². The quantitative estimate of drug-likeness (QED) is 0.622. The van der Waals surface area contributed by atoms with Crippen molar-refractivity contribution in [2.45, 2.75) is 6.54 Å². The van der Waals surface area contributed by atoms with Gasteiger partial charge in [0.05, 0.1) is 27.2 Å². The van der Waals surface area contributed by atoms with Gasteiger partial charge in [0.1, 0.15) is 0 Å². The summed E-state index contributed by atoms with van der Waals surface area (Å²) in [6.45, 7) is 0.559. The molecule has 1 aromatic carbocycles. The van der Waals surface area contributed by atoms with Crippen molar-refractivity contribution < 1.29 is 9.53 Å². The number of anilines is 2. The van der Waals surface area contributed by atoms with Crippen LogP contribution in [0.1, 0.15) is 15.2 Å². The number of hydrogen-bond acceptors (Lipinski definition) is 5. The SMILES string of the molecule is COC(=O)c1cc(N)cc(Cl)c1NCc1ccc(Br)s1. The Kier molecular flexibility index (Phi) is 4.91. The van der Waals surface area contributed by atoms with Gasteiger partial charge in [0.2, 0.25) is 0 Å². The van der Waals surface area contributed by atoms with Crippen LogP contribution in [0.3, 0.4) is 0 Å². The van der Waals surface area contributed by atoms with Gasteiger partial charge in [0, 0.05) is 17.1 Å². The number of ether oxygens (including phenoxy) is 1. The van der Waals surface area contributed by atoms with E-state index in [2.05, 4.69) is 21.2 Å². The fourth-order valence-electron chi connectivity index (χ4n) is 1.70. The van der Waals surface area contributed by atoms with Crippen LogP contribution in [0.4, 0.5) is 11.4 Å². The van der Waals surface area contributed by atoms with Crippen LogP contribution in [0.15, 0.2) is 28.1 Å². The Hall–Kier alpha value is -1.24. The van der Waals surface area contributed by atoms with E-state index in [4.69, 9.17) is 22.1 Å². The van der Waals surface area contributed by atoms with Crippen molar-refractivity contribution in [3.8, 4) is 0 Å². The maximum atomic E-state index is 11.8. The molecule has 0 saturated carbocycles. The normalized spacial score (nSPS) is 10.3. The number of esters is 1. The number of thiophene rings is 1. The van der Waals surface area contributed by atoms with Gasteiger partial charge in [-0.25, -0.2) is 4.79 Å². The van der Waals surface area contributed by atoms with Crippen molar-refractivity contribution in [3.63, 3.8) is 0 Å². The molecule has 106 valence electrons. The number of hydrogen-bond donors (Lipinski definition) is 2. The van der Waals surface area contributed by atoms with E-state index >= 15 is 0 Å². The average Bonchev–Trinajstić information content (AvgIpc) is 2.81. The zero-order valence-corrected chi connectivity index (χ0v) is 13.7. The number of nitrogens with one attached hydrogen (secondary N) is 1. The number of rotatable bonds is 4. The molecule has 0 atom stereocenters. The first-order valence-electron chi connectivity index (χ1n) is 5.66. The molecule has 0 aliphatic heterocycles. The van der Waals surface area contributed by atoms with E-state index in [9.17, 15) is 4.79 Å². The van der Waals surface area contributed by atoms with Crippen molar-refractivity contribution in [3.05, 3.63) is 43.5 Å². The summed E-state index contributed by atoms with van der Waals surface area (Å²) in [5, 5.41) is 3.54. The second-order valence-corrected chi connectivity index (χ2v) is 6.93. The molecule has 0 bridgehead atoms. The van der Waals surface area contributed by atoms with Gasteiger partial charge in [-0.3, -0.25) is 0 Å². The van der Waals surface area contributed by atoms with E-state index in [-0.39, 0.29) is 0 Å². The largest absolute Gasteiger partial charge is 0.465 e. The third-order valence-electron chi connectivity index (χ3n) is 2.59. The first kappa shape index (κ1) is 15.2. The fourth-order valence-corrected chi connectivity index (χ4v) is 3.42. The number of carbonyl (C=O) groups excluding carboxylic acids is 1. The minimum Gasteiger partial charge on any atom is -0.465 e. The number of nitrogens with two attached hydrogens (primary N) is 1. The van der Waals surface area contributed by atoms with Gasteiger partial charge in [0.25, 0.3) is 0 Å². The van der Waals surface area contributed by atoms with E-state index in [0.717, 1.165) is 8.66 Å². The third kappa shape index (κ3) is 3.45. The first-order chi connectivity index (χ1) is 9.51. The zero-order valence-electron chi connectivity index (χ0n) is 10.6. The van der Waals surface area contributed by atoms with E-state index in [0.29, 0.717) is 28.5 Å². The van der Waals surface area contributed by atoms with E-state index in [1.807, 2.05) is 12.1 Å². The standard InChI is InChI=1S/C13H12BrClN2O2S/c1-19-13(18)9-4-7(16)5-10(15)12(9)17-6-8-2-3-11(14)20-8/h2-5,17H,6,16H2,1H3. The summed E-state index contributed by atoms with van der Waals surface area (Å²) in [7, 11) is 1.32. The summed E-state index contributed by atoms with van der Waals surface area (Å²) in [5.41, 5.74) is 6.98. The maximum Gasteiger partial charge on any atom is 0.340 e. The molecule has 4 nitrogen and oxygen atoms in total. The highest BCUT2D eigenvalue weighted by atomic mass is 79.9. The molecular weight excluding hydrogens is 364 g/mol. The van der Waals surface area contributed by atoms with Crippen molar-refractivity contribution in [1.82, 2.24) is 0 Å². The number of carbonyl (C=O) groups is 1. The molecule has 2 rings (SSSR count). The van der Waals surface area contributed by atoms with Gasteiger partial charge in [0.15, 0.2) is 0 Å². The van der Waals surface area contributed by atoms with Crippen LogP contribution in [0, 0.1) is 0 Å². The fraction of sp³-hybridized carbons (Fsp3) is 0.154. The van der Waals surface area contributed by atoms with Crippen molar-refractivity contribution >= 4 is 56.2 Å². The van der Waals surface area contributed by atoms with Crippen molar-refractivity contribution in [1.29, 1.82) is 0 Å². The molecule has 3 N–H and O–H groups in total. The topological polar surface area (TPSA) is 64.3 Å². The lowest BCUT2D eigenvalue weighted by Gasteiger charge is -2.13. The Bertz CT molecular complexity index is 645. The van der Waals surface area contributed by atoms with Crippen LogP contribution in [0.2, 0.25) is 5.02 Å². The minimum absolute atomic E-state index is 0.327. The van der Waals surface area contributed by atoms with Crippen LogP contribution in [0.5, 0.6) is 0 Å². The molecule has 1 aromatic heterocycles. The van der Waals surface area contributed by atoms with Crippen LogP contribution >= 0.6 is 38.9 Å². The number of benzene rings is 1. The predicted molar refractivity (Wildman–Crippen MR) is 86.5 cm³/mol. The molecule has 1 heterocycles. The van der Waals surface area contributed by atoms with E-state index in [1.165, 1.54) is 7.11 Å². The Morgan fingerprint density at radius 3 is 2.85 bits per heavy atom.